The molecule has 0 bridgehead atoms. The quantitative estimate of drug-likeness (QED) is 0.427. The first-order valence-electron chi connectivity index (χ1n) is 6.33. The van der Waals surface area contributed by atoms with Gasteiger partial charge in [-0.25, -0.2) is 0 Å². The molecular formula is C14H20O4. The Morgan fingerprint density at radius 2 is 2.22 bits per heavy atom. The van der Waals surface area contributed by atoms with Crippen molar-refractivity contribution in [2.45, 2.75) is 38.5 Å². The molecule has 0 aromatic rings. The molecule has 4 heteroatoms. The van der Waals surface area contributed by atoms with E-state index in [2.05, 4.69) is 6.58 Å². The number of methoxy groups -OCH3 is 1. The van der Waals surface area contributed by atoms with Crippen LogP contribution in [0.1, 0.15) is 38.5 Å². The topological polar surface area (TPSA) is 60.4 Å². The first kappa shape index (κ1) is 14.6. The van der Waals surface area contributed by atoms with E-state index in [4.69, 9.17) is 4.74 Å². The average Bonchev–Trinajstić information content (AvgIpc) is 2.56. The molecular weight excluding hydrogens is 232 g/mol. The number of hydrogen-bond donors (Lipinski definition) is 0. The van der Waals surface area contributed by atoms with Crippen LogP contribution < -0.4 is 0 Å². The molecule has 1 aliphatic rings. The van der Waals surface area contributed by atoms with Gasteiger partial charge in [-0.1, -0.05) is 6.58 Å². The third-order valence-corrected chi connectivity index (χ3v) is 3.54. The lowest BCUT2D eigenvalue weighted by Gasteiger charge is -2.21. The summed E-state index contributed by atoms with van der Waals surface area (Å²) in [6.07, 6.45) is 4.68. The highest BCUT2D eigenvalue weighted by Gasteiger charge is 2.33. The molecule has 0 aromatic heterocycles. The number of ketones is 2. The van der Waals surface area contributed by atoms with Gasteiger partial charge in [-0.2, -0.15) is 0 Å². The van der Waals surface area contributed by atoms with E-state index in [1.165, 1.54) is 13.2 Å². The lowest BCUT2D eigenvalue weighted by Crippen LogP contribution is -2.26. The zero-order chi connectivity index (χ0) is 13.5. The molecule has 1 aliphatic carbocycles. The van der Waals surface area contributed by atoms with Crippen LogP contribution in [0.25, 0.3) is 0 Å². The van der Waals surface area contributed by atoms with Crippen LogP contribution in [-0.2, 0) is 19.1 Å². The van der Waals surface area contributed by atoms with Crippen LogP contribution >= 0.6 is 0 Å². The van der Waals surface area contributed by atoms with Crippen molar-refractivity contribution >= 4 is 17.5 Å². The summed E-state index contributed by atoms with van der Waals surface area (Å²) in [5, 5.41) is 0. The van der Waals surface area contributed by atoms with E-state index in [-0.39, 0.29) is 35.8 Å². The zero-order valence-electron chi connectivity index (χ0n) is 10.8. The maximum Gasteiger partial charge on any atom is 0.309 e. The second kappa shape index (κ2) is 7.09. The van der Waals surface area contributed by atoms with E-state index >= 15 is 0 Å². The van der Waals surface area contributed by atoms with Gasteiger partial charge in [0, 0.05) is 19.3 Å². The third kappa shape index (κ3) is 4.09. The van der Waals surface area contributed by atoms with Gasteiger partial charge in [-0.3, -0.25) is 14.4 Å². The predicted octanol–water partition coefficient (Wildman–Crippen LogP) is 2.07. The summed E-state index contributed by atoms with van der Waals surface area (Å²) in [5.74, 6) is -0.561. The maximum atomic E-state index is 11.7. The van der Waals surface area contributed by atoms with E-state index in [9.17, 15) is 14.4 Å². The molecule has 0 heterocycles. The first-order chi connectivity index (χ1) is 8.58. The fourth-order valence-corrected chi connectivity index (χ4v) is 2.48. The summed E-state index contributed by atoms with van der Waals surface area (Å²) in [7, 11) is 1.34. The van der Waals surface area contributed by atoms with Crippen LogP contribution in [0.5, 0.6) is 0 Å². The lowest BCUT2D eigenvalue weighted by atomic mass is 9.84. The van der Waals surface area contributed by atoms with Crippen molar-refractivity contribution < 1.29 is 19.1 Å². The van der Waals surface area contributed by atoms with E-state index in [1.807, 2.05) is 0 Å². The van der Waals surface area contributed by atoms with Crippen LogP contribution in [0.4, 0.5) is 0 Å². The maximum absolute atomic E-state index is 11.7. The summed E-state index contributed by atoms with van der Waals surface area (Å²) in [6, 6.07) is 0. The van der Waals surface area contributed by atoms with Gasteiger partial charge in [-0.15, -0.1) is 0 Å². The van der Waals surface area contributed by atoms with Crippen LogP contribution in [0.15, 0.2) is 12.7 Å². The standard InChI is InChI=1S/C14H20O4/c1-3-11(15)8-7-10-5-4-6-12(16)9-13(10)14(17)18-2/h3,10,13H,1,4-9H2,2H3. The Bertz CT molecular complexity index is 346. The van der Waals surface area contributed by atoms with Crippen molar-refractivity contribution in [1.29, 1.82) is 0 Å². The molecule has 2 unspecified atom stereocenters. The SMILES string of the molecule is C=CC(=O)CCC1CCCC(=O)CC1C(=O)OC. The largest absolute Gasteiger partial charge is 0.469 e. The number of ether oxygens (including phenoxy) is 1. The highest BCUT2D eigenvalue weighted by Crippen LogP contribution is 2.31. The second-order valence-corrected chi connectivity index (χ2v) is 4.73. The summed E-state index contributed by atoms with van der Waals surface area (Å²) in [5.41, 5.74) is 0. The van der Waals surface area contributed by atoms with Gasteiger partial charge in [0.2, 0.25) is 0 Å². The van der Waals surface area contributed by atoms with Gasteiger partial charge in [-0.05, 0) is 31.3 Å². The van der Waals surface area contributed by atoms with Crippen molar-refractivity contribution in [3.8, 4) is 0 Å². The Morgan fingerprint density at radius 1 is 1.50 bits per heavy atom. The molecule has 0 spiro atoms. The number of carbonyl (C=O) groups is 3. The number of Topliss-reactive ketones (excluding diaryl/α,β-unsaturated/α-hetero) is 1. The second-order valence-electron chi connectivity index (χ2n) is 4.73. The Balaban J connectivity index is 2.69. The first-order valence-corrected chi connectivity index (χ1v) is 6.33. The van der Waals surface area contributed by atoms with Crippen molar-refractivity contribution in [2.24, 2.45) is 11.8 Å². The highest BCUT2D eigenvalue weighted by atomic mass is 16.5. The molecule has 0 aromatic carbocycles. The van der Waals surface area contributed by atoms with Gasteiger partial charge in [0.25, 0.3) is 0 Å². The molecule has 0 amide bonds. The minimum absolute atomic E-state index is 0.0193. The zero-order valence-corrected chi connectivity index (χ0v) is 10.8. The molecule has 0 N–H and O–H groups in total. The number of rotatable bonds is 5. The van der Waals surface area contributed by atoms with Gasteiger partial charge >= 0.3 is 5.97 Å². The number of carbonyl (C=O) groups excluding carboxylic acids is 3. The van der Waals surface area contributed by atoms with Crippen molar-refractivity contribution in [3.63, 3.8) is 0 Å². The molecule has 4 nitrogen and oxygen atoms in total. The number of allylic oxidation sites excluding steroid dienone is 1. The molecule has 0 radical (unpaired) electrons. The van der Waals surface area contributed by atoms with Crippen molar-refractivity contribution in [1.82, 2.24) is 0 Å². The Hall–Kier alpha value is -1.45. The van der Waals surface area contributed by atoms with Crippen molar-refractivity contribution in [3.05, 3.63) is 12.7 Å². The molecule has 1 saturated carbocycles. The minimum Gasteiger partial charge on any atom is -0.469 e. The fraction of sp³-hybridized carbons (Fsp3) is 0.643. The van der Waals surface area contributed by atoms with Crippen molar-refractivity contribution in [2.75, 3.05) is 7.11 Å². The van der Waals surface area contributed by atoms with Crippen LogP contribution in [0.3, 0.4) is 0 Å². The molecule has 1 fully saturated rings. The van der Waals surface area contributed by atoms with Crippen LogP contribution in [0.2, 0.25) is 0 Å². The molecule has 1 rings (SSSR count). The summed E-state index contributed by atoms with van der Waals surface area (Å²) in [4.78, 5) is 34.5. The van der Waals surface area contributed by atoms with E-state index in [0.717, 1.165) is 12.8 Å². The van der Waals surface area contributed by atoms with Gasteiger partial charge in [0.15, 0.2) is 5.78 Å². The van der Waals surface area contributed by atoms with Crippen LogP contribution in [0, 0.1) is 11.8 Å². The predicted molar refractivity (Wildman–Crippen MR) is 66.9 cm³/mol. The molecule has 100 valence electrons. The third-order valence-electron chi connectivity index (χ3n) is 3.54. The fourth-order valence-electron chi connectivity index (χ4n) is 2.48. The van der Waals surface area contributed by atoms with Gasteiger partial charge in [0.05, 0.1) is 13.0 Å². The van der Waals surface area contributed by atoms with E-state index in [0.29, 0.717) is 19.3 Å². The number of esters is 1. The van der Waals surface area contributed by atoms with E-state index < -0.39 is 0 Å². The monoisotopic (exact) mass is 252 g/mol. The highest BCUT2D eigenvalue weighted by molar-refractivity contribution is 5.89. The molecule has 2 atom stereocenters. The molecule has 0 saturated heterocycles. The summed E-state index contributed by atoms with van der Waals surface area (Å²) >= 11 is 0. The Morgan fingerprint density at radius 3 is 2.83 bits per heavy atom. The molecule has 0 aliphatic heterocycles. The lowest BCUT2D eigenvalue weighted by molar-refractivity contribution is -0.149. The number of hydrogen-bond acceptors (Lipinski definition) is 4. The Kier molecular flexibility index (Phi) is 5.75. The van der Waals surface area contributed by atoms with E-state index in [1.54, 1.807) is 0 Å². The molecule has 18 heavy (non-hydrogen) atoms. The normalized spacial score (nSPS) is 24.2. The summed E-state index contributed by atoms with van der Waals surface area (Å²) < 4.78 is 4.76. The van der Waals surface area contributed by atoms with Gasteiger partial charge in [0.1, 0.15) is 5.78 Å². The minimum atomic E-state index is -0.386. The van der Waals surface area contributed by atoms with Gasteiger partial charge < -0.3 is 4.74 Å². The summed E-state index contributed by atoms with van der Waals surface area (Å²) in [6.45, 7) is 3.43. The smallest absolute Gasteiger partial charge is 0.309 e. The van der Waals surface area contributed by atoms with Crippen LogP contribution in [-0.4, -0.2) is 24.6 Å². The average molecular weight is 252 g/mol. The Labute approximate surface area is 107 Å².